The van der Waals surface area contributed by atoms with Crippen LogP contribution in [0.25, 0.3) is 0 Å². The molecule has 1 atom stereocenters. The summed E-state index contributed by atoms with van der Waals surface area (Å²) in [6.45, 7) is 5.76. The topological polar surface area (TPSA) is 117 Å². The molecule has 98 valence electrons. The molecule has 0 rings (SSSR count). The van der Waals surface area contributed by atoms with Crippen LogP contribution < -0.4 is 16.8 Å². The first-order chi connectivity index (χ1) is 7.90. The second kappa shape index (κ2) is 7.94. The van der Waals surface area contributed by atoms with Gasteiger partial charge >= 0.3 is 0 Å². The first kappa shape index (κ1) is 15.8. The molecule has 1 amide bonds. The van der Waals surface area contributed by atoms with E-state index in [0.29, 0.717) is 0 Å². The highest BCUT2D eigenvalue weighted by atomic mass is 32.2. The van der Waals surface area contributed by atoms with Gasteiger partial charge in [-0.25, -0.2) is 0 Å². The zero-order valence-corrected chi connectivity index (χ0v) is 11.3. The monoisotopic (exact) mass is 259 g/mol. The summed E-state index contributed by atoms with van der Waals surface area (Å²) in [5, 5.41) is 9.92. The third-order valence-electron chi connectivity index (χ3n) is 2.22. The van der Waals surface area contributed by atoms with Gasteiger partial charge in [-0.05, 0) is 19.8 Å². The number of guanidine groups is 1. The van der Waals surface area contributed by atoms with E-state index >= 15 is 0 Å². The standard InChI is InChI=1S/C10H21N5OS/c1-4-7(5-2)14-8(16)6(3)17-10(13)15-9(11)12/h6-7H,4-5H2,1-3H3,(H,14,16)(H5,11,12,13,15). The summed E-state index contributed by atoms with van der Waals surface area (Å²) in [4.78, 5) is 15.3. The van der Waals surface area contributed by atoms with Gasteiger partial charge in [0, 0.05) is 6.04 Å². The Hall–Kier alpha value is -1.24. The highest BCUT2D eigenvalue weighted by molar-refractivity contribution is 8.14. The maximum Gasteiger partial charge on any atom is 0.233 e. The number of aliphatic imine (C=N–C) groups is 1. The molecule has 0 aromatic heterocycles. The molecular weight excluding hydrogens is 238 g/mol. The van der Waals surface area contributed by atoms with Gasteiger partial charge in [-0.3, -0.25) is 10.2 Å². The lowest BCUT2D eigenvalue weighted by Crippen LogP contribution is -2.39. The number of nitrogens with two attached hydrogens (primary N) is 2. The molecular formula is C10H21N5OS. The molecule has 6 nitrogen and oxygen atoms in total. The highest BCUT2D eigenvalue weighted by Crippen LogP contribution is 2.13. The average Bonchev–Trinajstić information content (AvgIpc) is 2.23. The number of amidine groups is 1. The van der Waals surface area contributed by atoms with Crippen molar-refractivity contribution in [3.63, 3.8) is 0 Å². The summed E-state index contributed by atoms with van der Waals surface area (Å²) in [6, 6.07) is 0.183. The fraction of sp³-hybridized carbons (Fsp3) is 0.700. The largest absolute Gasteiger partial charge is 0.370 e. The van der Waals surface area contributed by atoms with Crippen molar-refractivity contribution in [3.8, 4) is 0 Å². The fourth-order valence-electron chi connectivity index (χ4n) is 1.18. The zero-order valence-electron chi connectivity index (χ0n) is 10.5. The van der Waals surface area contributed by atoms with Gasteiger partial charge in [0.05, 0.1) is 5.25 Å². The number of thioether (sulfide) groups is 1. The third-order valence-corrected chi connectivity index (χ3v) is 3.10. The predicted octanol–water partition coefficient (Wildman–Crippen LogP) is 0.621. The fourth-order valence-corrected chi connectivity index (χ4v) is 1.84. The molecule has 0 aromatic rings. The number of carbonyl (C=O) groups is 1. The van der Waals surface area contributed by atoms with Crippen molar-refractivity contribution in [1.82, 2.24) is 5.32 Å². The van der Waals surface area contributed by atoms with Crippen molar-refractivity contribution in [3.05, 3.63) is 0 Å². The lowest BCUT2D eigenvalue weighted by Gasteiger charge is -2.17. The van der Waals surface area contributed by atoms with Crippen molar-refractivity contribution < 1.29 is 4.79 Å². The van der Waals surface area contributed by atoms with Crippen molar-refractivity contribution in [2.24, 2.45) is 16.5 Å². The molecule has 0 aliphatic heterocycles. The van der Waals surface area contributed by atoms with Crippen LogP contribution in [0.15, 0.2) is 4.99 Å². The predicted molar refractivity (Wildman–Crippen MR) is 73.1 cm³/mol. The Morgan fingerprint density at radius 1 is 1.41 bits per heavy atom. The summed E-state index contributed by atoms with van der Waals surface area (Å²) < 4.78 is 0. The van der Waals surface area contributed by atoms with Crippen molar-refractivity contribution in [2.75, 3.05) is 0 Å². The minimum absolute atomic E-state index is 0.0582. The third kappa shape index (κ3) is 6.83. The van der Waals surface area contributed by atoms with Crippen LogP contribution in [0.5, 0.6) is 0 Å². The van der Waals surface area contributed by atoms with Crippen LogP contribution >= 0.6 is 11.8 Å². The molecule has 0 radical (unpaired) electrons. The van der Waals surface area contributed by atoms with E-state index in [9.17, 15) is 4.79 Å². The van der Waals surface area contributed by atoms with Crippen molar-refractivity contribution in [1.29, 1.82) is 5.41 Å². The number of hydrogen-bond acceptors (Lipinski definition) is 3. The summed E-state index contributed by atoms with van der Waals surface area (Å²) in [5.74, 6) is -0.269. The molecule has 0 heterocycles. The first-order valence-electron chi connectivity index (χ1n) is 5.55. The van der Waals surface area contributed by atoms with Gasteiger partial charge < -0.3 is 16.8 Å². The van der Waals surface area contributed by atoms with Crippen molar-refractivity contribution >= 4 is 28.8 Å². The van der Waals surface area contributed by atoms with Gasteiger partial charge in [0.1, 0.15) is 0 Å². The van der Waals surface area contributed by atoms with E-state index in [1.165, 1.54) is 0 Å². The average molecular weight is 259 g/mol. The molecule has 0 bridgehead atoms. The molecule has 0 aliphatic carbocycles. The van der Waals surface area contributed by atoms with Crippen LogP contribution in [-0.4, -0.2) is 28.3 Å². The molecule has 0 fully saturated rings. The van der Waals surface area contributed by atoms with Crippen LogP contribution in [-0.2, 0) is 4.79 Å². The number of carbonyl (C=O) groups excluding carboxylic acids is 1. The normalized spacial score (nSPS) is 12.0. The molecule has 0 aliphatic rings. The first-order valence-corrected chi connectivity index (χ1v) is 6.43. The maximum absolute atomic E-state index is 11.8. The van der Waals surface area contributed by atoms with E-state index in [1.807, 2.05) is 13.8 Å². The number of hydrogen-bond donors (Lipinski definition) is 4. The van der Waals surface area contributed by atoms with Gasteiger partial charge in [-0.15, -0.1) is 0 Å². The molecule has 0 spiro atoms. The summed E-state index contributed by atoms with van der Waals surface area (Å²) >= 11 is 1.02. The molecule has 1 unspecified atom stereocenters. The van der Waals surface area contributed by atoms with Gasteiger partial charge in [-0.1, -0.05) is 25.6 Å². The van der Waals surface area contributed by atoms with Gasteiger partial charge in [0.25, 0.3) is 0 Å². The lowest BCUT2D eigenvalue weighted by molar-refractivity contribution is -0.121. The smallest absolute Gasteiger partial charge is 0.233 e. The second-order valence-corrected chi connectivity index (χ2v) is 4.95. The van der Waals surface area contributed by atoms with Crippen LogP contribution in [0.1, 0.15) is 33.6 Å². The second-order valence-electron chi connectivity index (χ2n) is 3.62. The van der Waals surface area contributed by atoms with Crippen LogP contribution in [0.3, 0.4) is 0 Å². The quantitative estimate of drug-likeness (QED) is 0.427. The number of amides is 1. The molecule has 0 aromatic carbocycles. The van der Waals surface area contributed by atoms with Gasteiger partial charge in [-0.2, -0.15) is 4.99 Å². The molecule has 7 heteroatoms. The number of rotatable bonds is 5. The van der Waals surface area contributed by atoms with Crippen LogP contribution in [0, 0.1) is 5.41 Å². The van der Waals surface area contributed by atoms with E-state index in [2.05, 4.69) is 10.3 Å². The number of nitrogens with one attached hydrogen (secondary N) is 2. The van der Waals surface area contributed by atoms with E-state index in [1.54, 1.807) is 6.92 Å². The molecule has 0 saturated carbocycles. The van der Waals surface area contributed by atoms with E-state index in [0.717, 1.165) is 24.6 Å². The Morgan fingerprint density at radius 2 is 1.94 bits per heavy atom. The highest BCUT2D eigenvalue weighted by Gasteiger charge is 2.18. The Morgan fingerprint density at radius 3 is 2.35 bits per heavy atom. The zero-order chi connectivity index (χ0) is 13.4. The summed E-state index contributed by atoms with van der Waals surface area (Å²) in [5.41, 5.74) is 10.3. The van der Waals surface area contributed by atoms with E-state index in [4.69, 9.17) is 16.9 Å². The Balaban J connectivity index is 4.23. The number of nitrogens with zero attached hydrogens (tertiary/aromatic N) is 1. The minimum atomic E-state index is -0.383. The maximum atomic E-state index is 11.8. The Labute approximate surface area is 106 Å². The van der Waals surface area contributed by atoms with Crippen LogP contribution in [0.2, 0.25) is 0 Å². The Bertz CT molecular complexity index is 297. The Kier molecular flexibility index (Phi) is 7.36. The summed E-state index contributed by atoms with van der Waals surface area (Å²) in [6.07, 6.45) is 1.79. The summed E-state index contributed by atoms with van der Waals surface area (Å²) in [7, 11) is 0. The van der Waals surface area contributed by atoms with Crippen LogP contribution in [0.4, 0.5) is 0 Å². The molecule has 17 heavy (non-hydrogen) atoms. The van der Waals surface area contributed by atoms with Gasteiger partial charge in [0.15, 0.2) is 11.1 Å². The lowest BCUT2D eigenvalue weighted by atomic mass is 10.2. The van der Waals surface area contributed by atoms with Crippen molar-refractivity contribution in [2.45, 2.75) is 44.9 Å². The minimum Gasteiger partial charge on any atom is -0.370 e. The molecule has 6 N–H and O–H groups in total. The van der Waals surface area contributed by atoms with E-state index < -0.39 is 0 Å². The molecule has 0 saturated heterocycles. The SMILES string of the molecule is CCC(CC)NC(=O)C(C)SC(=N)N=C(N)N. The van der Waals surface area contributed by atoms with Gasteiger partial charge in [0.2, 0.25) is 5.91 Å². The van der Waals surface area contributed by atoms with E-state index in [-0.39, 0.29) is 28.3 Å².